The van der Waals surface area contributed by atoms with Crippen LogP contribution in [0, 0.1) is 0 Å². The lowest BCUT2D eigenvalue weighted by atomic mass is 9.79. The monoisotopic (exact) mass is 278 g/mol. The largest absolute Gasteiger partial charge is 0.480 e. The zero-order valence-electron chi connectivity index (χ0n) is 11.3. The number of rotatable bonds is 2. The Labute approximate surface area is 116 Å². The molecule has 1 aromatic heterocycles. The van der Waals surface area contributed by atoms with E-state index in [4.69, 9.17) is 0 Å². The number of aromatic nitrogens is 2. The smallest absolute Gasteiger partial charge is 0.326 e. The van der Waals surface area contributed by atoms with Crippen molar-refractivity contribution in [2.75, 3.05) is 0 Å². The van der Waals surface area contributed by atoms with Gasteiger partial charge in [0, 0.05) is 12.0 Å². The van der Waals surface area contributed by atoms with Gasteiger partial charge in [-0.3, -0.25) is 0 Å². The number of imidazole rings is 1. The fourth-order valence-electron chi connectivity index (χ4n) is 2.83. The zero-order valence-corrected chi connectivity index (χ0v) is 11.3. The van der Waals surface area contributed by atoms with E-state index >= 15 is 0 Å². The van der Waals surface area contributed by atoms with Gasteiger partial charge >= 0.3 is 12.0 Å². The molecular formula is C13H18N4O3. The van der Waals surface area contributed by atoms with Crippen LogP contribution in [0.2, 0.25) is 0 Å². The first-order chi connectivity index (χ1) is 9.48. The number of carboxylic acids is 1. The number of carbonyl (C=O) groups is 2. The number of amides is 2. The molecule has 3 rings (SSSR count). The summed E-state index contributed by atoms with van der Waals surface area (Å²) in [6.45, 7) is 2.25. The summed E-state index contributed by atoms with van der Waals surface area (Å²) in [5.41, 5.74) is 1.36. The van der Waals surface area contributed by atoms with Crippen LogP contribution in [0.4, 0.5) is 4.79 Å². The van der Waals surface area contributed by atoms with Crippen molar-refractivity contribution < 1.29 is 14.7 Å². The second-order valence-electron chi connectivity index (χ2n) is 5.86. The van der Waals surface area contributed by atoms with E-state index in [1.54, 1.807) is 0 Å². The van der Waals surface area contributed by atoms with E-state index in [9.17, 15) is 14.7 Å². The molecule has 0 spiro atoms. The number of hydrogen-bond acceptors (Lipinski definition) is 3. The number of H-pyrrole nitrogens is 1. The van der Waals surface area contributed by atoms with Crippen LogP contribution in [0.1, 0.15) is 37.6 Å². The summed E-state index contributed by atoms with van der Waals surface area (Å²) in [5.74, 6) is -0.993. The minimum atomic E-state index is -0.993. The Morgan fingerprint density at radius 3 is 2.90 bits per heavy atom. The van der Waals surface area contributed by atoms with Crippen molar-refractivity contribution in [2.24, 2.45) is 0 Å². The first-order valence-electron chi connectivity index (χ1n) is 6.81. The first-order valence-corrected chi connectivity index (χ1v) is 6.81. The maximum Gasteiger partial charge on any atom is 0.326 e. The van der Waals surface area contributed by atoms with Gasteiger partial charge in [-0.2, -0.15) is 0 Å². The Morgan fingerprint density at radius 1 is 1.55 bits per heavy atom. The third-order valence-electron chi connectivity index (χ3n) is 4.31. The third kappa shape index (κ3) is 2.13. The number of carboxylic acid groups (broad SMARTS) is 1. The summed E-state index contributed by atoms with van der Waals surface area (Å²) in [5, 5.41) is 12.3. The van der Waals surface area contributed by atoms with Gasteiger partial charge in [-0.15, -0.1) is 0 Å². The van der Waals surface area contributed by atoms with Gasteiger partial charge in [0.1, 0.15) is 6.04 Å². The number of aliphatic carboxylic acids is 1. The Kier molecular flexibility index (Phi) is 2.92. The average Bonchev–Trinajstić information content (AvgIpc) is 2.82. The maximum atomic E-state index is 12.4. The highest BCUT2D eigenvalue weighted by molar-refractivity contribution is 5.83. The van der Waals surface area contributed by atoms with Gasteiger partial charge in [0.05, 0.1) is 24.3 Å². The molecule has 1 atom stereocenters. The molecule has 1 fully saturated rings. The summed E-state index contributed by atoms with van der Waals surface area (Å²) >= 11 is 0. The van der Waals surface area contributed by atoms with E-state index in [0.717, 1.165) is 30.7 Å². The first kappa shape index (κ1) is 13.0. The quantitative estimate of drug-likeness (QED) is 0.747. The molecule has 0 radical (unpaired) electrons. The molecule has 20 heavy (non-hydrogen) atoms. The lowest BCUT2D eigenvalue weighted by molar-refractivity contribution is -0.142. The van der Waals surface area contributed by atoms with Gasteiger partial charge in [-0.05, 0) is 26.2 Å². The van der Waals surface area contributed by atoms with Crippen molar-refractivity contribution >= 4 is 12.0 Å². The predicted molar refractivity (Wildman–Crippen MR) is 70.0 cm³/mol. The topological polar surface area (TPSA) is 98.3 Å². The third-order valence-corrected chi connectivity index (χ3v) is 4.31. The molecule has 3 N–H and O–H groups in total. The lowest BCUT2D eigenvalue weighted by Gasteiger charge is -2.42. The van der Waals surface area contributed by atoms with E-state index in [1.165, 1.54) is 11.2 Å². The van der Waals surface area contributed by atoms with E-state index < -0.39 is 12.0 Å². The molecule has 1 unspecified atom stereocenters. The van der Waals surface area contributed by atoms with Crippen LogP contribution >= 0.6 is 0 Å². The van der Waals surface area contributed by atoms with Crippen LogP contribution in [0.5, 0.6) is 0 Å². The fraction of sp³-hybridized carbons (Fsp3) is 0.615. The van der Waals surface area contributed by atoms with Crippen molar-refractivity contribution in [3.8, 4) is 0 Å². The number of nitrogens with zero attached hydrogens (tertiary/aromatic N) is 2. The van der Waals surface area contributed by atoms with E-state index in [-0.39, 0.29) is 24.5 Å². The zero-order chi connectivity index (χ0) is 14.3. The SMILES string of the molecule is CC1(NC(=O)N2Cc3[nH]cnc3CC2C(=O)O)CCC1. The van der Waals surface area contributed by atoms with Crippen LogP contribution in [-0.2, 0) is 17.8 Å². The summed E-state index contributed by atoms with van der Waals surface area (Å²) in [6, 6.07) is -1.16. The minimum Gasteiger partial charge on any atom is -0.480 e. The molecule has 7 heteroatoms. The average molecular weight is 278 g/mol. The molecule has 2 heterocycles. The van der Waals surface area contributed by atoms with Crippen molar-refractivity contribution in [3.05, 3.63) is 17.7 Å². The van der Waals surface area contributed by atoms with E-state index in [1.807, 2.05) is 6.92 Å². The van der Waals surface area contributed by atoms with Crippen molar-refractivity contribution in [1.29, 1.82) is 0 Å². The van der Waals surface area contributed by atoms with Gasteiger partial charge in [0.25, 0.3) is 0 Å². The molecule has 0 aromatic carbocycles. The number of aromatic amines is 1. The minimum absolute atomic E-state index is 0.186. The van der Waals surface area contributed by atoms with Crippen LogP contribution in [-0.4, -0.2) is 43.6 Å². The van der Waals surface area contributed by atoms with Gasteiger partial charge in [0.15, 0.2) is 0 Å². The number of nitrogens with one attached hydrogen (secondary N) is 2. The van der Waals surface area contributed by atoms with Crippen molar-refractivity contribution in [2.45, 2.75) is 50.7 Å². The highest BCUT2D eigenvalue weighted by Gasteiger charge is 2.40. The number of urea groups is 1. The lowest BCUT2D eigenvalue weighted by Crippen LogP contribution is -2.59. The highest BCUT2D eigenvalue weighted by atomic mass is 16.4. The van der Waals surface area contributed by atoms with Crippen LogP contribution in [0.15, 0.2) is 6.33 Å². The number of hydrogen-bond donors (Lipinski definition) is 3. The molecule has 2 amide bonds. The standard InChI is InChI=1S/C13H18N4O3/c1-13(3-2-4-13)16-12(20)17-6-9-8(14-7-15-9)5-10(17)11(18)19/h7,10H,2-6H2,1H3,(H,14,15)(H,16,20)(H,18,19). The van der Waals surface area contributed by atoms with Crippen LogP contribution < -0.4 is 5.32 Å². The number of carbonyl (C=O) groups excluding carboxylic acids is 1. The Hall–Kier alpha value is -2.05. The van der Waals surface area contributed by atoms with Crippen molar-refractivity contribution in [3.63, 3.8) is 0 Å². The maximum absolute atomic E-state index is 12.4. The molecule has 1 aliphatic carbocycles. The van der Waals surface area contributed by atoms with Gasteiger partial charge < -0.3 is 20.3 Å². The Balaban J connectivity index is 1.79. The van der Waals surface area contributed by atoms with Gasteiger partial charge in [-0.25, -0.2) is 14.6 Å². The second-order valence-corrected chi connectivity index (χ2v) is 5.86. The molecule has 7 nitrogen and oxygen atoms in total. The molecule has 0 saturated heterocycles. The summed E-state index contributed by atoms with van der Waals surface area (Å²) in [7, 11) is 0. The highest BCUT2D eigenvalue weighted by Crippen LogP contribution is 2.31. The second kappa shape index (κ2) is 4.50. The Bertz CT molecular complexity index is 550. The molecular weight excluding hydrogens is 260 g/mol. The van der Waals surface area contributed by atoms with Gasteiger partial charge in [0.2, 0.25) is 0 Å². The van der Waals surface area contributed by atoms with E-state index in [0.29, 0.717) is 0 Å². The summed E-state index contributed by atoms with van der Waals surface area (Å²) < 4.78 is 0. The van der Waals surface area contributed by atoms with Gasteiger partial charge in [-0.1, -0.05) is 0 Å². The fourth-order valence-corrected chi connectivity index (χ4v) is 2.83. The molecule has 0 bridgehead atoms. The predicted octanol–water partition coefficient (Wildman–Crippen LogP) is 0.873. The normalized spacial score (nSPS) is 23.6. The number of fused-ring (bicyclic) bond motifs is 1. The van der Waals surface area contributed by atoms with E-state index in [2.05, 4.69) is 15.3 Å². The van der Waals surface area contributed by atoms with Crippen LogP contribution in [0.3, 0.4) is 0 Å². The van der Waals surface area contributed by atoms with Crippen LogP contribution in [0.25, 0.3) is 0 Å². The molecule has 1 aliphatic heterocycles. The van der Waals surface area contributed by atoms with Crippen molar-refractivity contribution in [1.82, 2.24) is 20.2 Å². The Morgan fingerprint density at radius 2 is 2.30 bits per heavy atom. The summed E-state index contributed by atoms with van der Waals surface area (Å²) in [4.78, 5) is 32.2. The molecule has 108 valence electrons. The molecule has 1 aromatic rings. The molecule has 1 saturated carbocycles. The molecule has 2 aliphatic rings. The summed E-state index contributed by atoms with van der Waals surface area (Å²) in [6.07, 6.45) is 4.78.